The van der Waals surface area contributed by atoms with Gasteiger partial charge in [-0.1, -0.05) is 11.6 Å². The maximum absolute atomic E-state index is 12.6. The van der Waals surface area contributed by atoms with Crippen LogP contribution in [0, 0.1) is 6.92 Å². The third-order valence-electron chi connectivity index (χ3n) is 4.85. The molecule has 2 aromatic rings. The summed E-state index contributed by atoms with van der Waals surface area (Å²) in [5.74, 6) is 1.55. The van der Waals surface area contributed by atoms with Crippen molar-refractivity contribution in [3.63, 3.8) is 0 Å². The van der Waals surface area contributed by atoms with Crippen LogP contribution < -0.4 is 9.64 Å². The molecule has 1 aromatic carbocycles. The molecule has 2 aliphatic heterocycles. The average molecular weight is 344 g/mol. The Morgan fingerprint density at radius 2 is 1.92 bits per heavy atom. The minimum absolute atomic E-state index is 0.117. The number of hydrogen-bond acceptors (Lipinski definition) is 5. The summed E-state index contributed by atoms with van der Waals surface area (Å²) in [7, 11) is 0. The average Bonchev–Trinajstić information content (AvgIpc) is 2.58. The van der Waals surface area contributed by atoms with Crippen LogP contribution >= 0.6 is 11.6 Å². The number of halogens is 1. The first-order chi connectivity index (χ1) is 11.6. The Bertz CT molecular complexity index is 786. The van der Waals surface area contributed by atoms with E-state index in [0.717, 1.165) is 37.4 Å². The van der Waals surface area contributed by atoms with E-state index in [4.69, 9.17) is 16.3 Å². The lowest BCUT2D eigenvalue weighted by atomic mass is 9.82. The lowest BCUT2D eigenvalue weighted by molar-refractivity contribution is 0.0224. The predicted octanol–water partition coefficient (Wildman–Crippen LogP) is 3.44. The van der Waals surface area contributed by atoms with Gasteiger partial charge < -0.3 is 9.64 Å². The Kier molecular flexibility index (Phi) is 3.68. The number of nitrogens with zero attached hydrogens (tertiary/aromatic N) is 3. The minimum atomic E-state index is -0.423. The van der Waals surface area contributed by atoms with Gasteiger partial charge in [0.05, 0.1) is 12.0 Å². The van der Waals surface area contributed by atoms with E-state index in [1.54, 1.807) is 18.5 Å². The minimum Gasteiger partial charge on any atom is -0.486 e. The van der Waals surface area contributed by atoms with Crippen LogP contribution in [-0.2, 0) is 0 Å². The normalized spacial score (nSPS) is 19.1. The van der Waals surface area contributed by atoms with Gasteiger partial charge in [0.15, 0.2) is 5.78 Å². The van der Waals surface area contributed by atoms with Crippen LogP contribution in [0.3, 0.4) is 0 Å². The number of anilines is 1. The molecule has 5 nitrogen and oxygen atoms in total. The van der Waals surface area contributed by atoms with Gasteiger partial charge in [-0.3, -0.25) is 4.79 Å². The van der Waals surface area contributed by atoms with Gasteiger partial charge in [-0.15, -0.1) is 0 Å². The van der Waals surface area contributed by atoms with Gasteiger partial charge in [-0.25, -0.2) is 9.97 Å². The number of aromatic nitrogens is 2. The molecule has 0 aliphatic carbocycles. The fraction of sp³-hybridized carbons (Fsp3) is 0.389. The molecular weight excluding hydrogens is 326 g/mol. The number of benzene rings is 1. The summed E-state index contributed by atoms with van der Waals surface area (Å²) in [6.45, 7) is 3.49. The molecule has 0 amide bonds. The number of hydrogen-bond donors (Lipinski definition) is 0. The van der Waals surface area contributed by atoms with E-state index in [1.165, 1.54) is 0 Å². The number of rotatable bonds is 1. The summed E-state index contributed by atoms with van der Waals surface area (Å²) in [4.78, 5) is 23.4. The molecule has 2 aliphatic rings. The van der Waals surface area contributed by atoms with E-state index >= 15 is 0 Å². The Morgan fingerprint density at radius 1 is 1.21 bits per heavy atom. The third kappa shape index (κ3) is 2.63. The Labute approximate surface area is 145 Å². The van der Waals surface area contributed by atoms with Crippen molar-refractivity contribution < 1.29 is 9.53 Å². The monoisotopic (exact) mass is 343 g/mol. The topological polar surface area (TPSA) is 55.3 Å². The number of ether oxygens (including phenoxy) is 1. The molecule has 3 heterocycles. The van der Waals surface area contributed by atoms with E-state index in [-0.39, 0.29) is 5.78 Å². The zero-order chi connectivity index (χ0) is 16.7. The van der Waals surface area contributed by atoms with Crippen LogP contribution in [0.1, 0.15) is 35.2 Å². The molecule has 1 saturated heterocycles. The van der Waals surface area contributed by atoms with Gasteiger partial charge in [-0.05, 0) is 30.7 Å². The number of carbonyl (C=O) groups excluding carboxylic acids is 1. The van der Waals surface area contributed by atoms with Crippen LogP contribution in [0.2, 0.25) is 5.02 Å². The van der Waals surface area contributed by atoms with E-state index in [2.05, 4.69) is 14.9 Å². The van der Waals surface area contributed by atoms with Gasteiger partial charge >= 0.3 is 0 Å². The number of Topliss-reactive ketones (excluding diaryl/α,β-unsaturated/α-hetero) is 1. The zero-order valence-electron chi connectivity index (χ0n) is 13.5. The summed E-state index contributed by atoms with van der Waals surface area (Å²) in [5, 5.41) is 0.579. The quantitative estimate of drug-likeness (QED) is 0.793. The molecule has 124 valence electrons. The predicted molar refractivity (Wildman–Crippen MR) is 92.0 cm³/mol. The van der Waals surface area contributed by atoms with Crippen molar-refractivity contribution in [1.82, 2.24) is 9.97 Å². The SMILES string of the molecule is Cc1cc(Cl)cc2c1OC1(CCN(c3ncccn3)CC1)CC2=O. The van der Waals surface area contributed by atoms with Gasteiger partial charge in [0.2, 0.25) is 5.95 Å². The van der Waals surface area contributed by atoms with E-state index < -0.39 is 5.60 Å². The van der Waals surface area contributed by atoms with Gasteiger partial charge in [0.25, 0.3) is 0 Å². The molecule has 0 atom stereocenters. The molecule has 1 fully saturated rings. The molecule has 1 spiro atoms. The number of ketones is 1. The maximum Gasteiger partial charge on any atom is 0.225 e. The molecule has 0 radical (unpaired) electrons. The molecule has 0 N–H and O–H groups in total. The molecule has 0 saturated carbocycles. The van der Waals surface area contributed by atoms with Crippen LogP contribution in [-0.4, -0.2) is 34.4 Å². The summed E-state index contributed by atoms with van der Waals surface area (Å²) >= 11 is 6.08. The van der Waals surface area contributed by atoms with Crippen molar-refractivity contribution in [3.05, 3.63) is 46.7 Å². The molecule has 6 heteroatoms. The lowest BCUT2D eigenvalue weighted by Crippen LogP contribution is -2.51. The number of carbonyl (C=O) groups is 1. The highest BCUT2D eigenvalue weighted by Gasteiger charge is 2.43. The molecule has 0 bridgehead atoms. The van der Waals surface area contributed by atoms with Crippen molar-refractivity contribution in [1.29, 1.82) is 0 Å². The summed E-state index contributed by atoms with van der Waals surface area (Å²) < 4.78 is 6.35. The van der Waals surface area contributed by atoms with Crippen LogP contribution in [0.25, 0.3) is 0 Å². The number of aryl methyl sites for hydroxylation is 1. The molecule has 4 rings (SSSR count). The lowest BCUT2D eigenvalue weighted by Gasteiger charge is -2.44. The fourth-order valence-electron chi connectivity index (χ4n) is 3.56. The van der Waals surface area contributed by atoms with Crippen molar-refractivity contribution in [2.24, 2.45) is 0 Å². The van der Waals surface area contributed by atoms with E-state index in [1.807, 2.05) is 19.1 Å². The van der Waals surface area contributed by atoms with Gasteiger partial charge in [0, 0.05) is 43.3 Å². The van der Waals surface area contributed by atoms with Crippen molar-refractivity contribution in [2.45, 2.75) is 31.8 Å². The first-order valence-electron chi connectivity index (χ1n) is 8.11. The molecule has 0 unspecified atom stereocenters. The molecule has 24 heavy (non-hydrogen) atoms. The van der Waals surface area contributed by atoms with Crippen LogP contribution in [0.4, 0.5) is 5.95 Å². The second-order valence-corrected chi connectivity index (χ2v) is 6.96. The van der Waals surface area contributed by atoms with Gasteiger partial charge in [-0.2, -0.15) is 0 Å². The number of fused-ring (bicyclic) bond motifs is 1. The van der Waals surface area contributed by atoms with Crippen molar-refractivity contribution >= 4 is 23.3 Å². The molecule has 1 aromatic heterocycles. The summed E-state index contributed by atoms with van der Waals surface area (Å²) in [6.07, 6.45) is 5.45. The van der Waals surface area contributed by atoms with Crippen LogP contribution in [0.15, 0.2) is 30.6 Å². The van der Waals surface area contributed by atoms with Gasteiger partial charge in [0.1, 0.15) is 11.4 Å². The summed E-state index contributed by atoms with van der Waals surface area (Å²) in [6, 6.07) is 5.37. The highest BCUT2D eigenvalue weighted by Crippen LogP contribution is 2.42. The first kappa shape index (κ1) is 15.4. The van der Waals surface area contributed by atoms with E-state index in [9.17, 15) is 4.79 Å². The summed E-state index contributed by atoms with van der Waals surface area (Å²) in [5.41, 5.74) is 1.10. The highest BCUT2D eigenvalue weighted by molar-refractivity contribution is 6.31. The number of piperidine rings is 1. The fourth-order valence-corrected chi connectivity index (χ4v) is 3.83. The zero-order valence-corrected chi connectivity index (χ0v) is 14.2. The Balaban J connectivity index is 1.57. The standard InChI is InChI=1S/C18H18ClN3O2/c1-12-9-13(19)10-14-15(23)11-18(24-16(12)14)3-7-22(8-4-18)17-20-5-2-6-21-17/h2,5-6,9-10H,3-4,7-8,11H2,1H3. The van der Waals surface area contributed by atoms with E-state index in [0.29, 0.717) is 22.8 Å². The second kappa shape index (κ2) is 5.74. The van der Waals surface area contributed by atoms with Crippen molar-refractivity contribution in [2.75, 3.05) is 18.0 Å². The Morgan fingerprint density at radius 3 is 2.62 bits per heavy atom. The first-order valence-corrected chi connectivity index (χ1v) is 8.48. The second-order valence-electron chi connectivity index (χ2n) is 6.52. The third-order valence-corrected chi connectivity index (χ3v) is 5.07. The Hall–Kier alpha value is -2.14. The smallest absolute Gasteiger partial charge is 0.225 e. The highest BCUT2D eigenvalue weighted by atomic mass is 35.5. The largest absolute Gasteiger partial charge is 0.486 e. The molecular formula is C18H18ClN3O2. The van der Waals surface area contributed by atoms with Crippen molar-refractivity contribution in [3.8, 4) is 5.75 Å². The maximum atomic E-state index is 12.6. The van der Waals surface area contributed by atoms with Crippen LogP contribution in [0.5, 0.6) is 5.75 Å².